The van der Waals surface area contributed by atoms with E-state index < -0.39 is 0 Å². The predicted molar refractivity (Wildman–Crippen MR) is 116 cm³/mol. The number of hydrogen-bond acceptors (Lipinski definition) is 1. The van der Waals surface area contributed by atoms with Crippen molar-refractivity contribution in [2.45, 2.75) is 84.2 Å². The normalized spacial score (nSPS) is 33.1. The highest BCUT2D eigenvalue weighted by Crippen LogP contribution is 2.57. The van der Waals surface area contributed by atoms with Crippen molar-refractivity contribution in [3.63, 3.8) is 0 Å². The third-order valence-electron chi connectivity index (χ3n) is 8.61. The molecule has 0 N–H and O–H groups in total. The molecule has 6 rings (SSSR count). The average molecular weight is 360 g/mol. The summed E-state index contributed by atoms with van der Waals surface area (Å²) in [5.74, 6) is 0. The van der Waals surface area contributed by atoms with Crippen LogP contribution in [0.2, 0.25) is 0 Å². The lowest BCUT2D eigenvalue weighted by Crippen LogP contribution is -2.65. The summed E-state index contributed by atoms with van der Waals surface area (Å²) in [5, 5.41) is 0. The maximum atomic E-state index is 2.81. The molecule has 2 aromatic carbocycles. The van der Waals surface area contributed by atoms with Crippen molar-refractivity contribution < 1.29 is 0 Å². The molecule has 1 nitrogen and oxygen atoms in total. The summed E-state index contributed by atoms with van der Waals surface area (Å²) in [5.41, 5.74) is 9.63. The molecular formula is C26H33N. The van der Waals surface area contributed by atoms with E-state index in [1.54, 1.807) is 0 Å². The predicted octanol–water partition coefficient (Wildman–Crippen LogP) is 6.85. The summed E-state index contributed by atoms with van der Waals surface area (Å²) >= 11 is 0. The zero-order chi connectivity index (χ0) is 19.2. The summed E-state index contributed by atoms with van der Waals surface area (Å²) in [4.78, 5) is 2.81. The molecule has 0 spiro atoms. The number of piperidine rings is 2. The maximum absolute atomic E-state index is 2.81. The van der Waals surface area contributed by atoms with Gasteiger partial charge in [-0.05, 0) is 91.8 Å². The van der Waals surface area contributed by atoms with Crippen LogP contribution in [0.1, 0.15) is 77.0 Å². The highest BCUT2D eigenvalue weighted by atomic mass is 15.3. The Morgan fingerprint density at radius 2 is 1.52 bits per heavy atom. The molecule has 1 unspecified atom stereocenters. The summed E-state index contributed by atoms with van der Waals surface area (Å²) in [6.45, 7) is 14.6. The van der Waals surface area contributed by atoms with Crippen LogP contribution in [0, 0.1) is 12.3 Å². The van der Waals surface area contributed by atoms with Gasteiger partial charge >= 0.3 is 0 Å². The standard InChI is InChI=1S/C26H33N/c1-17-15-20-19-9-7-8-10-21(19)24(3,4)22(20)16-23(17)27-18(2)25(5)11-13-26(27,6)14-12-25/h7-10,15-16,18H,11-14H2,1-6H3. The van der Waals surface area contributed by atoms with E-state index in [1.807, 2.05) is 0 Å². The van der Waals surface area contributed by atoms with Crippen molar-refractivity contribution in [3.05, 3.63) is 53.1 Å². The first-order chi connectivity index (χ1) is 12.7. The van der Waals surface area contributed by atoms with Gasteiger partial charge in [-0.1, -0.05) is 45.0 Å². The molecule has 3 fully saturated rings. The Morgan fingerprint density at radius 1 is 0.852 bits per heavy atom. The lowest BCUT2D eigenvalue weighted by atomic mass is 9.59. The van der Waals surface area contributed by atoms with Crippen LogP contribution in [0.25, 0.3) is 11.1 Å². The van der Waals surface area contributed by atoms with Crippen LogP contribution in [0.4, 0.5) is 5.69 Å². The molecule has 2 bridgehead atoms. The van der Waals surface area contributed by atoms with Gasteiger partial charge in [0.25, 0.3) is 0 Å². The van der Waals surface area contributed by atoms with Crippen LogP contribution < -0.4 is 4.90 Å². The van der Waals surface area contributed by atoms with Crippen molar-refractivity contribution in [3.8, 4) is 11.1 Å². The van der Waals surface area contributed by atoms with Crippen LogP contribution in [0.15, 0.2) is 36.4 Å². The first kappa shape index (κ1) is 17.3. The molecule has 27 heavy (non-hydrogen) atoms. The Labute approximate surface area is 164 Å². The molecule has 2 saturated heterocycles. The van der Waals surface area contributed by atoms with E-state index in [0.717, 1.165) is 0 Å². The van der Waals surface area contributed by atoms with Gasteiger partial charge in [-0.15, -0.1) is 0 Å². The zero-order valence-electron chi connectivity index (χ0n) is 17.8. The van der Waals surface area contributed by atoms with Gasteiger partial charge in [0.2, 0.25) is 0 Å². The van der Waals surface area contributed by atoms with Gasteiger partial charge in [0.1, 0.15) is 0 Å². The van der Waals surface area contributed by atoms with E-state index >= 15 is 0 Å². The Bertz CT molecular complexity index is 927. The largest absolute Gasteiger partial charge is 0.363 e. The minimum atomic E-state index is 0.0806. The molecule has 2 aliphatic carbocycles. The number of anilines is 1. The van der Waals surface area contributed by atoms with Crippen LogP contribution in [0.5, 0.6) is 0 Å². The Balaban J connectivity index is 1.70. The smallest absolute Gasteiger partial charge is 0.0406 e. The summed E-state index contributed by atoms with van der Waals surface area (Å²) in [6.07, 6.45) is 5.41. The topological polar surface area (TPSA) is 3.24 Å². The maximum Gasteiger partial charge on any atom is 0.0406 e. The molecule has 4 aliphatic rings. The monoisotopic (exact) mass is 359 g/mol. The fourth-order valence-corrected chi connectivity index (χ4v) is 6.40. The number of rotatable bonds is 1. The first-order valence-electron chi connectivity index (χ1n) is 10.7. The van der Waals surface area contributed by atoms with E-state index in [0.29, 0.717) is 17.0 Å². The molecule has 1 saturated carbocycles. The SMILES string of the molecule is Cc1cc2c(cc1N1C(C)C3(C)CCC1(C)CC3)C(C)(C)c1ccccc1-2. The second-order valence-corrected chi connectivity index (χ2v) is 10.6. The van der Waals surface area contributed by atoms with Crippen molar-refractivity contribution in [2.75, 3.05) is 4.90 Å². The molecule has 2 aliphatic heterocycles. The van der Waals surface area contributed by atoms with Crippen molar-refractivity contribution >= 4 is 5.69 Å². The van der Waals surface area contributed by atoms with Crippen LogP contribution >= 0.6 is 0 Å². The second kappa shape index (κ2) is 5.19. The Hall–Kier alpha value is -1.76. The third-order valence-corrected chi connectivity index (χ3v) is 8.61. The zero-order valence-corrected chi connectivity index (χ0v) is 17.8. The highest BCUT2D eigenvalue weighted by Gasteiger charge is 2.53. The van der Waals surface area contributed by atoms with E-state index in [4.69, 9.17) is 0 Å². The van der Waals surface area contributed by atoms with Gasteiger partial charge in [0.15, 0.2) is 0 Å². The van der Waals surface area contributed by atoms with Crippen molar-refractivity contribution in [1.82, 2.24) is 0 Å². The molecule has 1 heteroatoms. The lowest BCUT2D eigenvalue weighted by molar-refractivity contribution is 0.0508. The fourth-order valence-electron chi connectivity index (χ4n) is 6.40. The number of benzene rings is 2. The first-order valence-corrected chi connectivity index (χ1v) is 10.7. The number of hydrogen-bond donors (Lipinski definition) is 0. The lowest BCUT2D eigenvalue weighted by Gasteiger charge is -2.63. The minimum absolute atomic E-state index is 0.0806. The van der Waals surface area contributed by atoms with Crippen molar-refractivity contribution in [1.29, 1.82) is 0 Å². The summed E-state index contributed by atoms with van der Waals surface area (Å²) in [6, 6.07) is 14.6. The van der Waals surface area contributed by atoms with Gasteiger partial charge in [0.05, 0.1) is 0 Å². The fraction of sp³-hybridized carbons (Fsp3) is 0.538. The molecule has 0 amide bonds. The van der Waals surface area contributed by atoms with E-state index in [1.165, 1.54) is 59.2 Å². The third kappa shape index (κ3) is 2.12. The molecule has 0 aromatic heterocycles. The molecule has 2 aromatic rings. The second-order valence-electron chi connectivity index (χ2n) is 10.6. The highest BCUT2D eigenvalue weighted by molar-refractivity contribution is 5.84. The number of fused-ring (bicyclic) bond motifs is 6. The van der Waals surface area contributed by atoms with E-state index in [2.05, 4.69) is 82.8 Å². The van der Waals surface area contributed by atoms with Gasteiger partial charge in [-0.2, -0.15) is 0 Å². The number of aryl methyl sites for hydroxylation is 1. The Kier molecular flexibility index (Phi) is 3.33. The summed E-state index contributed by atoms with van der Waals surface area (Å²) in [7, 11) is 0. The molecule has 1 atom stereocenters. The van der Waals surface area contributed by atoms with Crippen LogP contribution in [-0.4, -0.2) is 11.6 Å². The van der Waals surface area contributed by atoms with E-state index in [9.17, 15) is 0 Å². The molecule has 2 heterocycles. The Morgan fingerprint density at radius 3 is 2.22 bits per heavy atom. The van der Waals surface area contributed by atoms with Crippen molar-refractivity contribution in [2.24, 2.45) is 5.41 Å². The minimum Gasteiger partial charge on any atom is -0.363 e. The molecular weight excluding hydrogens is 326 g/mol. The number of nitrogens with zero attached hydrogens (tertiary/aromatic N) is 1. The molecule has 142 valence electrons. The van der Waals surface area contributed by atoms with Crippen LogP contribution in [0.3, 0.4) is 0 Å². The van der Waals surface area contributed by atoms with Crippen LogP contribution in [-0.2, 0) is 5.41 Å². The van der Waals surface area contributed by atoms with Gasteiger partial charge in [0, 0.05) is 22.7 Å². The van der Waals surface area contributed by atoms with E-state index in [-0.39, 0.29) is 5.41 Å². The van der Waals surface area contributed by atoms with Gasteiger partial charge in [-0.25, -0.2) is 0 Å². The van der Waals surface area contributed by atoms with Gasteiger partial charge < -0.3 is 4.90 Å². The molecule has 0 radical (unpaired) electrons. The summed E-state index contributed by atoms with van der Waals surface area (Å²) < 4.78 is 0. The quantitative estimate of drug-likeness (QED) is 0.538. The average Bonchev–Trinajstić information content (AvgIpc) is 2.85. The van der Waals surface area contributed by atoms with Gasteiger partial charge in [-0.3, -0.25) is 0 Å².